The lowest BCUT2D eigenvalue weighted by atomic mass is 10.2. The van der Waals surface area contributed by atoms with Crippen LogP contribution in [0.5, 0.6) is 5.75 Å². The summed E-state index contributed by atoms with van der Waals surface area (Å²) in [4.78, 5) is 12.5. The van der Waals surface area contributed by atoms with E-state index in [2.05, 4.69) is 15.5 Å². The van der Waals surface area contributed by atoms with Crippen LogP contribution in [0.15, 0.2) is 67.0 Å². The number of aromatic nitrogens is 4. The van der Waals surface area contributed by atoms with Crippen LogP contribution in [-0.4, -0.2) is 25.5 Å². The van der Waals surface area contributed by atoms with Crippen molar-refractivity contribution in [3.63, 3.8) is 0 Å². The quantitative estimate of drug-likeness (QED) is 0.459. The van der Waals surface area contributed by atoms with Gasteiger partial charge in [0.25, 0.3) is 5.91 Å². The highest BCUT2D eigenvalue weighted by atomic mass is 35.5. The van der Waals surface area contributed by atoms with Crippen molar-refractivity contribution >= 4 is 23.3 Å². The number of hydrogen-bond acceptors (Lipinski definition) is 4. The fraction of sp³-hybridized carbons (Fsp3) is 0.136. The Kier molecular flexibility index (Phi) is 5.99. The van der Waals surface area contributed by atoms with Gasteiger partial charge in [0.05, 0.1) is 6.54 Å². The van der Waals surface area contributed by atoms with Crippen LogP contribution in [-0.2, 0) is 13.3 Å². The average Bonchev–Trinajstić information content (AvgIpc) is 3.40. The molecule has 7 nitrogen and oxygen atoms in total. The summed E-state index contributed by atoms with van der Waals surface area (Å²) in [6, 6.07) is 15.1. The predicted molar refractivity (Wildman–Crippen MR) is 115 cm³/mol. The number of halogens is 2. The van der Waals surface area contributed by atoms with Crippen molar-refractivity contribution in [2.75, 3.05) is 5.32 Å². The van der Waals surface area contributed by atoms with E-state index >= 15 is 0 Å². The zero-order valence-electron chi connectivity index (χ0n) is 16.6. The first kappa shape index (κ1) is 20.6. The van der Waals surface area contributed by atoms with Crippen LogP contribution in [0.3, 0.4) is 0 Å². The second kappa shape index (κ2) is 9.01. The molecule has 0 aliphatic carbocycles. The molecule has 0 saturated carbocycles. The molecule has 4 rings (SSSR count). The van der Waals surface area contributed by atoms with Crippen molar-refractivity contribution in [1.82, 2.24) is 19.6 Å². The van der Waals surface area contributed by atoms with E-state index in [1.54, 1.807) is 59.5 Å². The minimum atomic E-state index is -0.405. The minimum absolute atomic E-state index is 0.144. The van der Waals surface area contributed by atoms with Crippen molar-refractivity contribution in [2.24, 2.45) is 0 Å². The summed E-state index contributed by atoms with van der Waals surface area (Å²) in [6.07, 6.45) is 3.32. The SMILES string of the molecule is Cc1cc(OCn2ccc(C(=O)Nc3ccn(Cc4ccccc4F)n3)n2)ccc1Cl. The Morgan fingerprint density at radius 1 is 1.10 bits per heavy atom. The molecule has 4 aromatic rings. The van der Waals surface area contributed by atoms with Crippen molar-refractivity contribution in [1.29, 1.82) is 0 Å². The highest BCUT2D eigenvalue weighted by Crippen LogP contribution is 2.21. The molecule has 0 spiro atoms. The zero-order chi connectivity index (χ0) is 21.8. The number of benzene rings is 2. The third-order valence-corrected chi connectivity index (χ3v) is 4.96. The number of carbonyl (C=O) groups excluding carboxylic acids is 1. The molecular weight excluding hydrogens is 421 g/mol. The number of hydrogen-bond donors (Lipinski definition) is 1. The Hall–Kier alpha value is -3.65. The number of anilines is 1. The monoisotopic (exact) mass is 439 g/mol. The Bertz CT molecular complexity index is 1220. The molecule has 2 aromatic carbocycles. The number of nitrogens with zero attached hydrogens (tertiary/aromatic N) is 4. The molecule has 0 atom stereocenters. The molecule has 1 amide bonds. The molecule has 0 aliphatic rings. The summed E-state index contributed by atoms with van der Waals surface area (Å²) < 4.78 is 22.5. The number of aryl methyl sites for hydroxylation is 1. The smallest absolute Gasteiger partial charge is 0.277 e. The van der Waals surface area contributed by atoms with Crippen LogP contribution in [0.4, 0.5) is 10.2 Å². The zero-order valence-corrected chi connectivity index (χ0v) is 17.4. The van der Waals surface area contributed by atoms with Gasteiger partial charge in [-0.05, 0) is 42.8 Å². The van der Waals surface area contributed by atoms with Crippen LogP contribution in [0, 0.1) is 12.7 Å². The van der Waals surface area contributed by atoms with Gasteiger partial charge in [-0.3, -0.25) is 9.48 Å². The fourth-order valence-corrected chi connectivity index (χ4v) is 3.02. The largest absolute Gasteiger partial charge is 0.471 e. The van der Waals surface area contributed by atoms with Crippen LogP contribution >= 0.6 is 11.6 Å². The molecule has 0 fully saturated rings. The fourth-order valence-electron chi connectivity index (χ4n) is 2.90. The van der Waals surface area contributed by atoms with E-state index in [4.69, 9.17) is 16.3 Å². The standard InChI is InChI=1S/C22H19ClFN5O2/c1-15-12-17(6-7-18(15)23)31-14-29-10-8-20(26-29)22(30)25-21-9-11-28(27-21)13-16-4-2-3-5-19(16)24/h2-12H,13-14H2,1H3,(H,25,27,30). The second-order valence-electron chi connectivity index (χ2n) is 6.87. The first-order valence-corrected chi connectivity index (χ1v) is 9.86. The highest BCUT2D eigenvalue weighted by Gasteiger charge is 2.12. The van der Waals surface area contributed by atoms with Crippen molar-refractivity contribution in [3.05, 3.63) is 94.7 Å². The minimum Gasteiger partial charge on any atom is -0.471 e. The van der Waals surface area contributed by atoms with Gasteiger partial charge in [0, 0.05) is 29.0 Å². The third-order valence-electron chi connectivity index (χ3n) is 4.54. The summed E-state index contributed by atoms with van der Waals surface area (Å²) in [5.74, 6) is 0.301. The molecule has 0 unspecified atom stereocenters. The summed E-state index contributed by atoms with van der Waals surface area (Å²) >= 11 is 6.01. The molecule has 9 heteroatoms. The maximum atomic E-state index is 13.8. The van der Waals surface area contributed by atoms with Gasteiger partial charge in [-0.1, -0.05) is 29.8 Å². The van der Waals surface area contributed by atoms with E-state index in [1.165, 1.54) is 10.7 Å². The Morgan fingerprint density at radius 3 is 2.71 bits per heavy atom. The number of nitrogens with one attached hydrogen (secondary N) is 1. The first-order valence-electron chi connectivity index (χ1n) is 9.48. The predicted octanol–water partition coefficient (Wildman–Crippen LogP) is 4.52. The van der Waals surface area contributed by atoms with Crippen LogP contribution < -0.4 is 10.1 Å². The Labute approximate surface area is 183 Å². The average molecular weight is 440 g/mol. The molecular formula is C22H19ClFN5O2. The van der Waals surface area contributed by atoms with Gasteiger partial charge in [0.1, 0.15) is 11.6 Å². The summed E-state index contributed by atoms with van der Waals surface area (Å²) in [7, 11) is 0. The van der Waals surface area contributed by atoms with E-state index in [1.807, 2.05) is 13.0 Å². The molecule has 158 valence electrons. The van der Waals surface area contributed by atoms with Crippen molar-refractivity contribution in [2.45, 2.75) is 20.2 Å². The van der Waals surface area contributed by atoms with Gasteiger partial charge in [-0.15, -0.1) is 0 Å². The summed E-state index contributed by atoms with van der Waals surface area (Å²) in [5.41, 5.74) is 1.65. The van der Waals surface area contributed by atoms with E-state index < -0.39 is 5.91 Å². The molecule has 0 bridgehead atoms. The topological polar surface area (TPSA) is 74.0 Å². The second-order valence-corrected chi connectivity index (χ2v) is 7.28. The highest BCUT2D eigenvalue weighted by molar-refractivity contribution is 6.31. The molecule has 2 aromatic heterocycles. The van der Waals surface area contributed by atoms with Gasteiger partial charge in [-0.2, -0.15) is 10.2 Å². The Morgan fingerprint density at radius 2 is 1.90 bits per heavy atom. The molecule has 1 N–H and O–H groups in total. The number of amides is 1. The number of ether oxygens (including phenoxy) is 1. The van der Waals surface area contributed by atoms with E-state index in [9.17, 15) is 9.18 Å². The van der Waals surface area contributed by atoms with Gasteiger partial charge < -0.3 is 10.1 Å². The Balaban J connectivity index is 1.34. The van der Waals surface area contributed by atoms with E-state index in [-0.39, 0.29) is 24.8 Å². The normalized spacial score (nSPS) is 10.8. The van der Waals surface area contributed by atoms with Gasteiger partial charge >= 0.3 is 0 Å². The lowest BCUT2D eigenvalue weighted by Gasteiger charge is -2.07. The van der Waals surface area contributed by atoms with Gasteiger partial charge in [0.2, 0.25) is 0 Å². The van der Waals surface area contributed by atoms with Crippen LogP contribution in [0.25, 0.3) is 0 Å². The van der Waals surface area contributed by atoms with Crippen molar-refractivity contribution in [3.8, 4) is 5.75 Å². The molecule has 0 saturated heterocycles. The maximum Gasteiger partial charge on any atom is 0.277 e. The van der Waals surface area contributed by atoms with E-state index in [0.29, 0.717) is 22.2 Å². The molecule has 0 aliphatic heterocycles. The molecule has 2 heterocycles. The van der Waals surface area contributed by atoms with Gasteiger partial charge in [-0.25, -0.2) is 9.07 Å². The summed E-state index contributed by atoms with van der Waals surface area (Å²) in [6.45, 7) is 2.30. The first-order chi connectivity index (χ1) is 15.0. The number of carbonyl (C=O) groups is 1. The number of rotatable bonds is 7. The van der Waals surface area contributed by atoms with Crippen molar-refractivity contribution < 1.29 is 13.9 Å². The molecule has 31 heavy (non-hydrogen) atoms. The molecule has 0 radical (unpaired) electrons. The lowest BCUT2D eigenvalue weighted by Crippen LogP contribution is -2.15. The van der Waals surface area contributed by atoms with Crippen LogP contribution in [0.1, 0.15) is 21.6 Å². The van der Waals surface area contributed by atoms with E-state index in [0.717, 1.165) is 5.56 Å². The maximum absolute atomic E-state index is 13.8. The van der Waals surface area contributed by atoms with Crippen LogP contribution in [0.2, 0.25) is 5.02 Å². The lowest BCUT2D eigenvalue weighted by molar-refractivity contribution is 0.101. The third kappa shape index (κ3) is 5.10. The van der Waals surface area contributed by atoms with Gasteiger partial charge in [0.15, 0.2) is 18.2 Å². The summed E-state index contributed by atoms with van der Waals surface area (Å²) in [5, 5.41) is 11.8.